The van der Waals surface area contributed by atoms with E-state index in [9.17, 15) is 18.4 Å². The fourth-order valence-corrected chi connectivity index (χ4v) is 2.31. The van der Waals surface area contributed by atoms with E-state index >= 15 is 0 Å². The molecule has 0 saturated carbocycles. The summed E-state index contributed by atoms with van der Waals surface area (Å²) < 4.78 is 25.8. The van der Waals surface area contributed by atoms with E-state index < -0.39 is 23.1 Å². The second-order valence-electron chi connectivity index (χ2n) is 4.99. The summed E-state index contributed by atoms with van der Waals surface area (Å²) in [6.07, 6.45) is 0.108. The number of benzene rings is 1. The van der Waals surface area contributed by atoms with Gasteiger partial charge >= 0.3 is 5.97 Å². The molecule has 0 aliphatic heterocycles. The van der Waals surface area contributed by atoms with Crippen LogP contribution in [0, 0.1) is 11.6 Å². The van der Waals surface area contributed by atoms with E-state index in [-0.39, 0.29) is 12.3 Å². The molecule has 0 spiro atoms. The monoisotopic (exact) mass is 317 g/mol. The Labute approximate surface area is 126 Å². The molecule has 1 aromatic rings. The van der Waals surface area contributed by atoms with Gasteiger partial charge in [-0.3, -0.25) is 4.79 Å². The maximum Gasteiger partial charge on any atom is 0.329 e. The van der Waals surface area contributed by atoms with Gasteiger partial charge < -0.3 is 10.0 Å². The molecule has 0 aliphatic carbocycles. The van der Waals surface area contributed by atoms with Crippen molar-refractivity contribution in [1.29, 1.82) is 0 Å². The van der Waals surface area contributed by atoms with Gasteiger partial charge in [-0.1, -0.05) is 0 Å². The predicted octanol–water partition coefficient (Wildman–Crippen LogP) is 2.77. The summed E-state index contributed by atoms with van der Waals surface area (Å²) >= 11 is 1.21. The molecular formula is C14H17F2NO3S. The molecule has 4 nitrogen and oxygen atoms in total. The van der Waals surface area contributed by atoms with Crippen LogP contribution < -0.4 is 0 Å². The van der Waals surface area contributed by atoms with Crippen molar-refractivity contribution >= 4 is 23.6 Å². The summed E-state index contributed by atoms with van der Waals surface area (Å²) in [5.74, 6) is -2.91. The van der Waals surface area contributed by atoms with Gasteiger partial charge in [0.05, 0.1) is 0 Å². The van der Waals surface area contributed by atoms with Gasteiger partial charge in [0.1, 0.15) is 5.54 Å². The summed E-state index contributed by atoms with van der Waals surface area (Å²) in [5, 5.41) is 9.04. The third-order valence-corrected chi connectivity index (χ3v) is 4.21. The van der Waals surface area contributed by atoms with Crippen molar-refractivity contribution in [2.75, 3.05) is 12.8 Å². The molecule has 1 amide bonds. The van der Waals surface area contributed by atoms with E-state index in [1.807, 2.05) is 0 Å². The maximum absolute atomic E-state index is 13.0. The van der Waals surface area contributed by atoms with E-state index in [0.717, 1.165) is 12.1 Å². The van der Waals surface area contributed by atoms with Crippen LogP contribution in [-0.2, 0) is 9.59 Å². The SMILES string of the molecule is CN(C(=O)CCSc1ccc(F)c(F)c1)C(C)(C)C(=O)O. The quantitative estimate of drug-likeness (QED) is 0.820. The standard InChI is InChI=1S/C14H17F2NO3S/c1-14(2,13(19)20)17(3)12(18)6-7-21-9-4-5-10(15)11(16)8-9/h4-5,8H,6-7H2,1-3H3,(H,19,20). The largest absolute Gasteiger partial charge is 0.480 e. The minimum Gasteiger partial charge on any atom is -0.480 e. The minimum atomic E-state index is -1.29. The lowest BCUT2D eigenvalue weighted by Crippen LogP contribution is -2.50. The number of thioether (sulfide) groups is 1. The van der Waals surface area contributed by atoms with Gasteiger partial charge in [-0.2, -0.15) is 0 Å². The molecular weight excluding hydrogens is 300 g/mol. The zero-order valence-corrected chi connectivity index (χ0v) is 12.8. The maximum atomic E-state index is 13.0. The number of carbonyl (C=O) groups is 2. The van der Waals surface area contributed by atoms with Crippen molar-refractivity contribution < 1.29 is 23.5 Å². The van der Waals surface area contributed by atoms with E-state index in [1.54, 1.807) is 0 Å². The zero-order chi connectivity index (χ0) is 16.2. The Kier molecular flexibility index (Phi) is 5.71. The van der Waals surface area contributed by atoms with Gasteiger partial charge in [-0.05, 0) is 32.0 Å². The molecule has 0 atom stereocenters. The number of likely N-dealkylation sites (N-methyl/N-ethyl adjacent to an activating group) is 1. The molecule has 0 saturated heterocycles. The lowest BCUT2D eigenvalue weighted by Gasteiger charge is -2.31. The lowest BCUT2D eigenvalue weighted by atomic mass is 10.0. The molecule has 116 valence electrons. The Balaban J connectivity index is 2.54. The molecule has 0 heterocycles. The van der Waals surface area contributed by atoms with Crippen LogP contribution in [0.25, 0.3) is 0 Å². The first kappa shape index (κ1) is 17.4. The molecule has 1 rings (SSSR count). The number of nitrogens with zero attached hydrogens (tertiary/aromatic N) is 1. The van der Waals surface area contributed by atoms with Crippen LogP contribution in [0.1, 0.15) is 20.3 Å². The fraction of sp³-hybridized carbons (Fsp3) is 0.429. The van der Waals surface area contributed by atoms with Gasteiger partial charge in [-0.25, -0.2) is 13.6 Å². The number of aliphatic carboxylic acids is 1. The Bertz CT molecular complexity index is 549. The van der Waals surface area contributed by atoms with Crippen LogP contribution in [0.2, 0.25) is 0 Å². The highest BCUT2D eigenvalue weighted by atomic mass is 32.2. The Morgan fingerprint density at radius 1 is 1.29 bits per heavy atom. The summed E-state index contributed by atoms with van der Waals surface area (Å²) in [6, 6.07) is 3.52. The van der Waals surface area contributed by atoms with E-state index in [2.05, 4.69) is 0 Å². The fourth-order valence-electron chi connectivity index (χ4n) is 1.45. The number of carbonyl (C=O) groups excluding carboxylic acids is 1. The highest BCUT2D eigenvalue weighted by molar-refractivity contribution is 7.99. The molecule has 0 bridgehead atoms. The van der Waals surface area contributed by atoms with Gasteiger partial charge in [0, 0.05) is 24.1 Å². The minimum absolute atomic E-state index is 0.108. The predicted molar refractivity (Wildman–Crippen MR) is 76.2 cm³/mol. The highest BCUT2D eigenvalue weighted by Gasteiger charge is 2.34. The highest BCUT2D eigenvalue weighted by Crippen LogP contribution is 2.22. The molecule has 1 aromatic carbocycles. The van der Waals surface area contributed by atoms with Crippen molar-refractivity contribution in [3.63, 3.8) is 0 Å². The number of rotatable bonds is 6. The average molecular weight is 317 g/mol. The van der Waals surface area contributed by atoms with E-state index in [0.29, 0.717) is 10.6 Å². The van der Waals surface area contributed by atoms with Crippen molar-refractivity contribution in [3.8, 4) is 0 Å². The topological polar surface area (TPSA) is 57.6 Å². The summed E-state index contributed by atoms with van der Waals surface area (Å²) in [7, 11) is 1.43. The van der Waals surface area contributed by atoms with Crippen LogP contribution in [0.3, 0.4) is 0 Å². The molecule has 0 aliphatic rings. The first-order valence-electron chi connectivity index (χ1n) is 6.24. The number of carboxylic acids is 1. The molecule has 0 unspecified atom stereocenters. The Morgan fingerprint density at radius 3 is 2.43 bits per heavy atom. The van der Waals surface area contributed by atoms with Gasteiger partial charge in [0.2, 0.25) is 5.91 Å². The molecule has 0 radical (unpaired) electrons. The summed E-state index contributed by atoms with van der Waals surface area (Å²) in [4.78, 5) is 24.7. The molecule has 7 heteroatoms. The Hall–Kier alpha value is -1.63. The lowest BCUT2D eigenvalue weighted by molar-refractivity contribution is -0.155. The number of hydrogen-bond acceptors (Lipinski definition) is 3. The number of carboxylic acid groups (broad SMARTS) is 1. The third kappa shape index (κ3) is 4.42. The van der Waals surface area contributed by atoms with E-state index in [4.69, 9.17) is 5.11 Å². The third-order valence-electron chi connectivity index (χ3n) is 3.21. The smallest absolute Gasteiger partial charge is 0.329 e. The van der Waals surface area contributed by atoms with Crippen LogP contribution in [0.15, 0.2) is 23.1 Å². The van der Waals surface area contributed by atoms with E-state index in [1.165, 1.54) is 43.6 Å². The van der Waals surface area contributed by atoms with Gasteiger partial charge in [0.25, 0.3) is 0 Å². The molecule has 1 N–H and O–H groups in total. The second kappa shape index (κ2) is 6.89. The summed E-state index contributed by atoms with van der Waals surface area (Å²) in [5.41, 5.74) is -1.29. The number of halogens is 2. The van der Waals surface area contributed by atoms with Crippen LogP contribution >= 0.6 is 11.8 Å². The van der Waals surface area contributed by atoms with Crippen LogP contribution in [0.5, 0.6) is 0 Å². The second-order valence-corrected chi connectivity index (χ2v) is 6.16. The van der Waals surface area contributed by atoms with Crippen LogP contribution in [0.4, 0.5) is 8.78 Å². The normalized spacial score (nSPS) is 11.3. The molecule has 21 heavy (non-hydrogen) atoms. The van der Waals surface area contributed by atoms with Crippen molar-refractivity contribution in [2.45, 2.75) is 30.7 Å². The zero-order valence-electron chi connectivity index (χ0n) is 12.0. The first-order chi connectivity index (χ1) is 9.66. The molecule has 0 fully saturated rings. The van der Waals surface area contributed by atoms with Crippen molar-refractivity contribution in [1.82, 2.24) is 4.90 Å². The first-order valence-corrected chi connectivity index (χ1v) is 7.22. The summed E-state index contributed by atoms with van der Waals surface area (Å²) in [6.45, 7) is 2.88. The Morgan fingerprint density at radius 2 is 1.90 bits per heavy atom. The van der Waals surface area contributed by atoms with Crippen molar-refractivity contribution in [2.24, 2.45) is 0 Å². The average Bonchev–Trinajstić information content (AvgIpc) is 2.41. The van der Waals surface area contributed by atoms with Crippen molar-refractivity contribution in [3.05, 3.63) is 29.8 Å². The van der Waals surface area contributed by atoms with Gasteiger partial charge in [0.15, 0.2) is 11.6 Å². The molecule has 0 aromatic heterocycles. The van der Waals surface area contributed by atoms with Crippen LogP contribution in [-0.4, -0.2) is 40.2 Å². The van der Waals surface area contributed by atoms with Gasteiger partial charge in [-0.15, -0.1) is 11.8 Å². The number of amides is 1. The number of hydrogen-bond donors (Lipinski definition) is 1.